The maximum absolute atomic E-state index is 11.8. The summed E-state index contributed by atoms with van der Waals surface area (Å²) in [7, 11) is 0. The Morgan fingerprint density at radius 2 is 2.33 bits per heavy atom. The molecule has 0 fully saturated rings. The van der Waals surface area contributed by atoms with Gasteiger partial charge in [0.2, 0.25) is 0 Å². The minimum atomic E-state index is -0.930. The molecule has 1 amide bonds. The summed E-state index contributed by atoms with van der Waals surface area (Å²) in [4.78, 5) is 22.5. The van der Waals surface area contributed by atoms with E-state index in [2.05, 4.69) is 15.5 Å². The Kier molecular flexibility index (Phi) is 5.16. The fourth-order valence-electron chi connectivity index (χ4n) is 1.60. The smallest absolute Gasteiger partial charge is 0.305 e. The van der Waals surface area contributed by atoms with Gasteiger partial charge in [-0.05, 0) is 6.42 Å². The highest BCUT2D eigenvalue weighted by molar-refractivity contribution is 5.93. The van der Waals surface area contributed by atoms with E-state index >= 15 is 0 Å². The summed E-state index contributed by atoms with van der Waals surface area (Å²) in [5.41, 5.74) is 5.63. The summed E-state index contributed by atoms with van der Waals surface area (Å²) in [5.74, 6) is -1.09. The lowest BCUT2D eigenvalue weighted by molar-refractivity contribution is -0.137. The van der Waals surface area contributed by atoms with E-state index < -0.39 is 5.97 Å². The second kappa shape index (κ2) is 6.63. The first-order valence-corrected chi connectivity index (χ1v) is 5.86. The quantitative estimate of drug-likeness (QED) is 0.572. The van der Waals surface area contributed by atoms with E-state index in [-0.39, 0.29) is 29.9 Å². The number of nitrogens with one attached hydrogen (secondary N) is 2. The van der Waals surface area contributed by atoms with Crippen LogP contribution in [0.5, 0.6) is 0 Å². The zero-order valence-corrected chi connectivity index (χ0v) is 10.3. The third-order valence-corrected chi connectivity index (χ3v) is 2.50. The van der Waals surface area contributed by atoms with E-state index in [0.717, 1.165) is 12.8 Å². The molecule has 0 aliphatic rings. The maximum atomic E-state index is 11.8. The minimum Gasteiger partial charge on any atom is -0.481 e. The number of carbonyl (C=O) groups is 2. The topological polar surface area (TPSA) is 121 Å². The van der Waals surface area contributed by atoms with Gasteiger partial charge in [0, 0.05) is 12.1 Å². The zero-order valence-electron chi connectivity index (χ0n) is 10.3. The monoisotopic (exact) mass is 254 g/mol. The van der Waals surface area contributed by atoms with Crippen LogP contribution in [0.4, 0.5) is 5.82 Å². The second-order valence-electron chi connectivity index (χ2n) is 4.12. The number of hydrogen-bond donors (Lipinski definition) is 4. The van der Waals surface area contributed by atoms with Gasteiger partial charge in [0.25, 0.3) is 5.91 Å². The summed E-state index contributed by atoms with van der Waals surface area (Å²) < 4.78 is 0. The van der Waals surface area contributed by atoms with E-state index in [4.69, 9.17) is 10.8 Å². The van der Waals surface area contributed by atoms with Crippen LogP contribution in [0.3, 0.4) is 0 Å². The number of nitrogens with two attached hydrogens (primary N) is 1. The Bertz CT molecular complexity index is 416. The number of nitrogen functional groups attached to an aromatic ring is 1. The first-order valence-electron chi connectivity index (χ1n) is 5.86. The predicted octanol–water partition coefficient (Wildman–Crippen LogP) is 0.755. The highest BCUT2D eigenvalue weighted by atomic mass is 16.4. The van der Waals surface area contributed by atoms with E-state index in [1.54, 1.807) is 0 Å². The van der Waals surface area contributed by atoms with Crippen molar-refractivity contribution in [3.05, 3.63) is 11.8 Å². The van der Waals surface area contributed by atoms with Gasteiger partial charge >= 0.3 is 5.97 Å². The fourth-order valence-corrected chi connectivity index (χ4v) is 1.60. The van der Waals surface area contributed by atoms with Gasteiger partial charge in [-0.25, -0.2) is 0 Å². The van der Waals surface area contributed by atoms with Crippen LogP contribution >= 0.6 is 0 Å². The van der Waals surface area contributed by atoms with Crippen molar-refractivity contribution in [2.75, 3.05) is 5.73 Å². The molecule has 1 unspecified atom stereocenters. The molecule has 0 saturated carbocycles. The van der Waals surface area contributed by atoms with Crippen LogP contribution in [0.15, 0.2) is 6.07 Å². The van der Waals surface area contributed by atoms with Gasteiger partial charge in [0.1, 0.15) is 11.5 Å². The number of nitrogens with zero attached hydrogens (tertiary/aromatic N) is 1. The molecule has 0 bridgehead atoms. The van der Waals surface area contributed by atoms with E-state index in [1.807, 2.05) is 6.92 Å². The van der Waals surface area contributed by atoms with Crippen molar-refractivity contribution >= 4 is 17.7 Å². The lowest BCUT2D eigenvalue weighted by Crippen LogP contribution is -2.36. The summed E-state index contributed by atoms with van der Waals surface area (Å²) >= 11 is 0. The highest BCUT2D eigenvalue weighted by Gasteiger charge is 2.17. The molecular weight excluding hydrogens is 236 g/mol. The van der Waals surface area contributed by atoms with Crippen LogP contribution < -0.4 is 11.1 Å². The van der Waals surface area contributed by atoms with E-state index in [0.29, 0.717) is 6.42 Å². The van der Waals surface area contributed by atoms with Crippen molar-refractivity contribution in [3.63, 3.8) is 0 Å². The number of aromatic nitrogens is 2. The number of H-pyrrole nitrogens is 1. The summed E-state index contributed by atoms with van der Waals surface area (Å²) in [6.07, 6.45) is 2.36. The summed E-state index contributed by atoms with van der Waals surface area (Å²) in [5, 5.41) is 17.6. The molecule has 0 aliphatic heterocycles. The molecule has 100 valence electrons. The second-order valence-corrected chi connectivity index (χ2v) is 4.12. The molecule has 0 radical (unpaired) electrons. The Labute approximate surface area is 105 Å². The van der Waals surface area contributed by atoms with Crippen LogP contribution in [-0.4, -0.2) is 33.2 Å². The number of carboxylic acid groups (broad SMARTS) is 1. The molecular formula is C11H18N4O3. The predicted molar refractivity (Wildman–Crippen MR) is 66.0 cm³/mol. The SMILES string of the molecule is CCCCC(CC(=O)O)NC(=O)c1cc(N)n[nH]1. The van der Waals surface area contributed by atoms with Gasteiger partial charge in [0.15, 0.2) is 0 Å². The largest absolute Gasteiger partial charge is 0.481 e. The molecule has 1 aromatic heterocycles. The number of rotatable bonds is 7. The number of carboxylic acids is 1. The number of anilines is 1. The normalized spacial score (nSPS) is 12.1. The standard InChI is InChI=1S/C11H18N4O3/c1-2-3-4-7(5-10(16)17)13-11(18)8-6-9(12)15-14-8/h6-7H,2-5H2,1H3,(H,13,18)(H,16,17)(H3,12,14,15). The number of amides is 1. The van der Waals surface area contributed by atoms with E-state index in [9.17, 15) is 9.59 Å². The Morgan fingerprint density at radius 3 is 2.83 bits per heavy atom. The van der Waals surface area contributed by atoms with Crippen molar-refractivity contribution in [1.29, 1.82) is 0 Å². The lowest BCUT2D eigenvalue weighted by atomic mass is 10.1. The van der Waals surface area contributed by atoms with Gasteiger partial charge in [0.05, 0.1) is 6.42 Å². The lowest BCUT2D eigenvalue weighted by Gasteiger charge is -2.15. The molecule has 1 heterocycles. The van der Waals surface area contributed by atoms with Gasteiger partial charge in [-0.15, -0.1) is 0 Å². The van der Waals surface area contributed by atoms with Gasteiger partial charge < -0.3 is 16.2 Å². The zero-order chi connectivity index (χ0) is 13.5. The number of carbonyl (C=O) groups excluding carboxylic acids is 1. The number of aliphatic carboxylic acids is 1. The Morgan fingerprint density at radius 1 is 1.61 bits per heavy atom. The van der Waals surface area contributed by atoms with Crippen molar-refractivity contribution in [2.45, 2.75) is 38.6 Å². The molecule has 7 nitrogen and oxygen atoms in total. The number of unbranched alkanes of at least 4 members (excludes halogenated alkanes) is 1. The maximum Gasteiger partial charge on any atom is 0.305 e. The number of hydrogen-bond acceptors (Lipinski definition) is 4. The molecule has 0 saturated heterocycles. The van der Waals surface area contributed by atoms with Gasteiger partial charge in [-0.3, -0.25) is 14.7 Å². The molecule has 0 aliphatic carbocycles. The molecule has 1 atom stereocenters. The minimum absolute atomic E-state index is 0.0879. The Hall–Kier alpha value is -2.05. The first-order chi connectivity index (χ1) is 8.52. The van der Waals surface area contributed by atoms with E-state index in [1.165, 1.54) is 6.07 Å². The van der Waals surface area contributed by atoms with Crippen LogP contribution in [0.1, 0.15) is 43.1 Å². The molecule has 1 rings (SSSR count). The van der Waals surface area contributed by atoms with Crippen LogP contribution in [0.25, 0.3) is 0 Å². The summed E-state index contributed by atoms with van der Waals surface area (Å²) in [6, 6.07) is 1.03. The highest BCUT2D eigenvalue weighted by Crippen LogP contribution is 2.07. The molecule has 1 aromatic rings. The molecule has 18 heavy (non-hydrogen) atoms. The van der Waals surface area contributed by atoms with Gasteiger partial charge in [-0.1, -0.05) is 19.8 Å². The fraction of sp³-hybridized carbons (Fsp3) is 0.545. The van der Waals surface area contributed by atoms with Crippen LogP contribution in [0, 0.1) is 0 Å². The molecule has 0 spiro atoms. The molecule has 5 N–H and O–H groups in total. The van der Waals surface area contributed by atoms with Crippen molar-refractivity contribution in [1.82, 2.24) is 15.5 Å². The average Bonchev–Trinajstić information content (AvgIpc) is 2.72. The van der Waals surface area contributed by atoms with Crippen molar-refractivity contribution in [3.8, 4) is 0 Å². The first kappa shape index (κ1) is 14.0. The summed E-state index contributed by atoms with van der Waals surface area (Å²) in [6.45, 7) is 2.01. The van der Waals surface area contributed by atoms with Crippen molar-refractivity contribution in [2.24, 2.45) is 0 Å². The third kappa shape index (κ3) is 4.44. The average molecular weight is 254 g/mol. The third-order valence-electron chi connectivity index (χ3n) is 2.50. The van der Waals surface area contributed by atoms with Crippen molar-refractivity contribution < 1.29 is 14.7 Å². The van der Waals surface area contributed by atoms with Crippen LogP contribution in [0.2, 0.25) is 0 Å². The van der Waals surface area contributed by atoms with Gasteiger partial charge in [-0.2, -0.15) is 5.10 Å². The number of aromatic amines is 1. The molecule has 0 aromatic carbocycles. The Balaban J connectivity index is 2.58. The molecule has 7 heteroatoms. The van der Waals surface area contributed by atoms with Crippen LogP contribution in [-0.2, 0) is 4.79 Å².